The molecule has 74 valence electrons. The maximum atomic E-state index is 12.3. The third-order valence-corrected chi connectivity index (χ3v) is 1.49. The van der Waals surface area contributed by atoms with E-state index in [1.165, 1.54) is 13.0 Å². The number of alkyl halides is 3. The monoisotopic (exact) mass is 202 g/mol. The molecule has 0 aliphatic heterocycles. The molecule has 0 bridgehead atoms. The number of hydrogen-bond donors (Lipinski definition) is 1. The van der Waals surface area contributed by atoms with Gasteiger partial charge in [0.15, 0.2) is 5.69 Å². The Balaban J connectivity index is 3.50. The number of rotatable bonds is 0. The Hall–Kier alpha value is -1.84. The van der Waals surface area contributed by atoms with E-state index in [0.29, 0.717) is 0 Å². The molecule has 1 aromatic rings. The summed E-state index contributed by atoms with van der Waals surface area (Å²) >= 11 is 0. The summed E-state index contributed by atoms with van der Waals surface area (Å²) in [5.41, 5.74) is 3.09. The number of nitrogen functional groups attached to an aromatic ring is 1. The minimum Gasteiger partial charge on any atom is -0.368 e. The molecule has 0 aromatic carbocycles. The van der Waals surface area contributed by atoms with Crippen molar-refractivity contribution in [1.82, 2.24) is 9.97 Å². The van der Waals surface area contributed by atoms with Crippen LogP contribution in [0.25, 0.3) is 0 Å². The molecule has 7 heteroatoms. The van der Waals surface area contributed by atoms with Gasteiger partial charge in [-0.3, -0.25) is 0 Å². The molecule has 1 heterocycles. The average Bonchev–Trinajstić information content (AvgIpc) is 2.01. The van der Waals surface area contributed by atoms with Crippen LogP contribution in [0.2, 0.25) is 0 Å². The number of hydrogen-bond acceptors (Lipinski definition) is 4. The Bertz CT molecular complexity index is 405. The zero-order valence-corrected chi connectivity index (χ0v) is 7.05. The van der Waals surface area contributed by atoms with Gasteiger partial charge in [0.1, 0.15) is 11.6 Å². The summed E-state index contributed by atoms with van der Waals surface area (Å²) in [7, 11) is 0. The highest BCUT2D eigenvalue weighted by Gasteiger charge is 2.37. The highest BCUT2D eigenvalue weighted by Crippen LogP contribution is 2.31. The first-order chi connectivity index (χ1) is 6.36. The number of nitrogens with two attached hydrogens (primary N) is 1. The maximum Gasteiger partial charge on any atom is 0.434 e. The predicted octanol–water partition coefficient (Wildman–Crippen LogP) is 1.26. The minimum atomic E-state index is -4.69. The van der Waals surface area contributed by atoms with Crippen LogP contribution in [0.5, 0.6) is 0 Å². The van der Waals surface area contributed by atoms with Gasteiger partial charge in [-0.1, -0.05) is 0 Å². The highest BCUT2D eigenvalue weighted by molar-refractivity contribution is 5.41. The van der Waals surface area contributed by atoms with Gasteiger partial charge in [-0.2, -0.15) is 18.4 Å². The number of nitrogens with zero attached hydrogens (tertiary/aromatic N) is 3. The summed E-state index contributed by atoms with van der Waals surface area (Å²) in [6, 6.07) is 1.40. The normalized spacial score (nSPS) is 11.1. The molecule has 0 fully saturated rings. The smallest absolute Gasteiger partial charge is 0.368 e. The van der Waals surface area contributed by atoms with E-state index in [4.69, 9.17) is 11.0 Å². The SMILES string of the molecule is Cc1nc(N)nc(C(F)(F)F)c1C#N. The van der Waals surface area contributed by atoms with E-state index in [2.05, 4.69) is 9.97 Å². The van der Waals surface area contributed by atoms with E-state index in [9.17, 15) is 13.2 Å². The number of anilines is 1. The Kier molecular flexibility index (Phi) is 2.30. The van der Waals surface area contributed by atoms with E-state index in [1.54, 1.807) is 0 Å². The summed E-state index contributed by atoms with van der Waals surface area (Å²) in [4.78, 5) is 6.46. The second-order valence-corrected chi connectivity index (χ2v) is 2.50. The van der Waals surface area contributed by atoms with Crippen LogP contribution in [0, 0.1) is 18.3 Å². The molecule has 0 aliphatic carbocycles. The minimum absolute atomic E-state index is 0.0766. The van der Waals surface area contributed by atoms with Crippen LogP contribution in [-0.4, -0.2) is 9.97 Å². The molecule has 0 radical (unpaired) electrons. The third-order valence-electron chi connectivity index (χ3n) is 1.49. The maximum absolute atomic E-state index is 12.3. The van der Waals surface area contributed by atoms with E-state index >= 15 is 0 Å². The van der Waals surface area contributed by atoms with Crippen molar-refractivity contribution in [1.29, 1.82) is 5.26 Å². The van der Waals surface area contributed by atoms with Crippen molar-refractivity contribution >= 4 is 5.95 Å². The predicted molar refractivity (Wildman–Crippen MR) is 40.9 cm³/mol. The van der Waals surface area contributed by atoms with E-state index in [0.717, 1.165) is 0 Å². The zero-order chi connectivity index (χ0) is 10.9. The van der Waals surface area contributed by atoms with Gasteiger partial charge in [0, 0.05) is 0 Å². The van der Waals surface area contributed by atoms with E-state index in [1.807, 2.05) is 0 Å². The van der Waals surface area contributed by atoms with Gasteiger partial charge in [-0.15, -0.1) is 0 Å². The average molecular weight is 202 g/mol. The van der Waals surface area contributed by atoms with Crippen LogP contribution in [0.1, 0.15) is 17.0 Å². The van der Waals surface area contributed by atoms with Crippen LogP contribution in [0.4, 0.5) is 19.1 Å². The first kappa shape index (κ1) is 10.2. The van der Waals surface area contributed by atoms with Crippen LogP contribution in [0.3, 0.4) is 0 Å². The van der Waals surface area contributed by atoms with Crippen LogP contribution in [-0.2, 0) is 6.18 Å². The molecular formula is C7H5F3N4. The number of halogens is 3. The highest BCUT2D eigenvalue weighted by atomic mass is 19.4. The third kappa shape index (κ3) is 1.74. The van der Waals surface area contributed by atoms with Crippen molar-refractivity contribution < 1.29 is 13.2 Å². The molecule has 0 saturated heterocycles. The number of aromatic nitrogens is 2. The van der Waals surface area contributed by atoms with Crippen molar-refractivity contribution in [2.75, 3.05) is 5.73 Å². The van der Waals surface area contributed by atoms with Gasteiger partial charge in [0.05, 0.1) is 5.69 Å². The zero-order valence-electron chi connectivity index (χ0n) is 7.05. The molecule has 0 atom stereocenters. The van der Waals surface area contributed by atoms with Gasteiger partial charge >= 0.3 is 6.18 Å². The summed E-state index contributed by atoms with van der Waals surface area (Å²) in [5, 5.41) is 8.48. The van der Waals surface area contributed by atoms with Crippen molar-refractivity contribution in [3.05, 3.63) is 17.0 Å². The lowest BCUT2D eigenvalue weighted by Crippen LogP contribution is -2.15. The summed E-state index contributed by atoms with van der Waals surface area (Å²) in [5.74, 6) is -0.492. The van der Waals surface area contributed by atoms with Gasteiger partial charge in [0.2, 0.25) is 5.95 Å². The molecule has 2 N–H and O–H groups in total. The standard InChI is InChI=1S/C7H5F3N4/c1-3-4(2-11)5(7(8,9)10)14-6(12)13-3/h1H3,(H2,12,13,14). The van der Waals surface area contributed by atoms with Crippen LogP contribution >= 0.6 is 0 Å². The molecule has 4 nitrogen and oxygen atoms in total. The van der Waals surface area contributed by atoms with Crippen LogP contribution < -0.4 is 5.73 Å². The molecule has 0 aliphatic rings. The first-order valence-corrected chi connectivity index (χ1v) is 3.47. The Morgan fingerprint density at radius 1 is 1.36 bits per heavy atom. The van der Waals surface area contributed by atoms with Crippen LogP contribution in [0.15, 0.2) is 0 Å². The lowest BCUT2D eigenvalue weighted by atomic mass is 10.2. The Labute approximate surface area is 77.2 Å². The first-order valence-electron chi connectivity index (χ1n) is 3.47. The molecule has 0 spiro atoms. The van der Waals surface area contributed by atoms with Gasteiger partial charge < -0.3 is 5.73 Å². The Morgan fingerprint density at radius 2 is 1.93 bits per heavy atom. The lowest BCUT2D eigenvalue weighted by molar-refractivity contribution is -0.141. The fourth-order valence-electron chi connectivity index (χ4n) is 0.934. The number of nitriles is 1. The molecule has 0 amide bonds. The van der Waals surface area contributed by atoms with Crippen molar-refractivity contribution in [3.8, 4) is 6.07 Å². The largest absolute Gasteiger partial charge is 0.434 e. The fraction of sp³-hybridized carbons (Fsp3) is 0.286. The summed E-state index contributed by atoms with van der Waals surface area (Å²) in [6.45, 7) is 1.27. The fourth-order valence-corrected chi connectivity index (χ4v) is 0.934. The van der Waals surface area contributed by atoms with Gasteiger partial charge in [-0.05, 0) is 6.92 Å². The molecular weight excluding hydrogens is 197 g/mol. The van der Waals surface area contributed by atoms with Crippen molar-refractivity contribution in [3.63, 3.8) is 0 Å². The van der Waals surface area contributed by atoms with Crippen molar-refractivity contribution in [2.45, 2.75) is 13.1 Å². The van der Waals surface area contributed by atoms with E-state index in [-0.39, 0.29) is 5.69 Å². The number of aryl methyl sites for hydroxylation is 1. The topological polar surface area (TPSA) is 75.6 Å². The van der Waals surface area contributed by atoms with Gasteiger partial charge in [-0.25, -0.2) is 9.97 Å². The summed E-state index contributed by atoms with van der Waals surface area (Å²) < 4.78 is 36.9. The molecule has 14 heavy (non-hydrogen) atoms. The summed E-state index contributed by atoms with van der Waals surface area (Å²) in [6.07, 6.45) is -4.69. The van der Waals surface area contributed by atoms with E-state index < -0.39 is 23.4 Å². The molecule has 1 aromatic heterocycles. The Morgan fingerprint density at radius 3 is 2.36 bits per heavy atom. The molecule has 0 saturated carbocycles. The second-order valence-electron chi connectivity index (χ2n) is 2.50. The van der Waals surface area contributed by atoms with Gasteiger partial charge in [0.25, 0.3) is 0 Å². The lowest BCUT2D eigenvalue weighted by Gasteiger charge is -2.09. The van der Waals surface area contributed by atoms with Crippen molar-refractivity contribution in [2.24, 2.45) is 0 Å². The molecule has 0 unspecified atom stereocenters. The molecule has 1 rings (SSSR count). The second kappa shape index (κ2) is 3.14. The quantitative estimate of drug-likeness (QED) is 0.687.